The molecule has 0 N–H and O–H groups in total. The maximum atomic E-state index is 12.4. The third kappa shape index (κ3) is 2.27. The number of Topliss-reactive ketones (excluding diaryl/α,β-unsaturated/α-hetero) is 1. The summed E-state index contributed by atoms with van der Waals surface area (Å²) < 4.78 is 1.94. The van der Waals surface area contributed by atoms with Crippen LogP contribution in [0.5, 0.6) is 0 Å². The molecule has 0 radical (unpaired) electrons. The zero-order valence-corrected chi connectivity index (χ0v) is 12.4. The Kier molecular flexibility index (Phi) is 3.48. The van der Waals surface area contributed by atoms with Crippen molar-refractivity contribution in [1.29, 1.82) is 5.26 Å². The summed E-state index contributed by atoms with van der Waals surface area (Å²) in [6.07, 6.45) is 3.45. The van der Waals surface area contributed by atoms with E-state index in [0.29, 0.717) is 11.3 Å². The lowest BCUT2D eigenvalue weighted by Gasteiger charge is -2.04. The van der Waals surface area contributed by atoms with Gasteiger partial charge in [0.25, 0.3) is 0 Å². The van der Waals surface area contributed by atoms with Gasteiger partial charge in [0.05, 0.1) is 5.52 Å². The molecule has 0 saturated carbocycles. The van der Waals surface area contributed by atoms with E-state index in [1.165, 1.54) is 0 Å². The van der Waals surface area contributed by atoms with Gasteiger partial charge in [-0.05, 0) is 18.2 Å². The number of aromatic nitrogens is 2. The van der Waals surface area contributed by atoms with Gasteiger partial charge in [0, 0.05) is 34.9 Å². The largest absolute Gasteiger partial charge is 0.316 e. The van der Waals surface area contributed by atoms with Crippen molar-refractivity contribution < 1.29 is 4.79 Å². The van der Waals surface area contributed by atoms with Crippen molar-refractivity contribution in [2.45, 2.75) is 13.8 Å². The second kappa shape index (κ2) is 5.45. The van der Waals surface area contributed by atoms with Crippen LogP contribution in [0.4, 0.5) is 0 Å². The highest BCUT2D eigenvalue weighted by atomic mass is 16.1. The fourth-order valence-corrected chi connectivity index (χ4v) is 2.53. The highest BCUT2D eigenvalue weighted by Crippen LogP contribution is 2.26. The number of pyridine rings is 1. The number of carbonyl (C=O) groups excluding carboxylic acids is 1. The van der Waals surface area contributed by atoms with Crippen LogP contribution in [0.15, 0.2) is 48.8 Å². The van der Waals surface area contributed by atoms with Gasteiger partial charge in [-0.25, -0.2) is 4.98 Å². The van der Waals surface area contributed by atoms with E-state index < -0.39 is 0 Å². The molecule has 0 bridgehead atoms. The minimum Gasteiger partial charge on any atom is -0.316 e. The summed E-state index contributed by atoms with van der Waals surface area (Å²) in [6.45, 7) is 3.79. The van der Waals surface area contributed by atoms with Crippen LogP contribution in [0.3, 0.4) is 0 Å². The highest BCUT2D eigenvalue weighted by molar-refractivity contribution is 6.09. The van der Waals surface area contributed by atoms with Gasteiger partial charge in [-0.3, -0.25) is 4.79 Å². The Hall–Kier alpha value is -2.93. The van der Waals surface area contributed by atoms with Gasteiger partial charge >= 0.3 is 0 Å². The normalized spacial score (nSPS) is 10.8. The van der Waals surface area contributed by atoms with Crippen molar-refractivity contribution in [2.24, 2.45) is 5.92 Å². The molecule has 0 fully saturated rings. The Morgan fingerprint density at radius 3 is 2.77 bits per heavy atom. The van der Waals surface area contributed by atoms with E-state index in [1.54, 1.807) is 12.3 Å². The first-order valence-electron chi connectivity index (χ1n) is 7.12. The molecule has 4 heteroatoms. The summed E-state index contributed by atoms with van der Waals surface area (Å²) in [5.74, 6) is 0.0517. The number of fused-ring (bicyclic) bond motifs is 1. The van der Waals surface area contributed by atoms with Gasteiger partial charge in [-0.15, -0.1) is 0 Å². The quantitative estimate of drug-likeness (QED) is 0.690. The molecule has 2 heterocycles. The molecular formula is C18H15N3O. The first-order valence-corrected chi connectivity index (χ1v) is 7.12. The molecule has 0 unspecified atom stereocenters. The molecule has 108 valence electrons. The molecular weight excluding hydrogens is 274 g/mol. The molecule has 3 aromatic rings. The molecule has 22 heavy (non-hydrogen) atoms. The maximum Gasteiger partial charge on any atom is 0.167 e. The number of nitriles is 1. The van der Waals surface area contributed by atoms with Gasteiger partial charge in [0.1, 0.15) is 11.8 Å². The Balaban J connectivity index is 2.27. The average molecular weight is 289 g/mol. The topological polar surface area (TPSA) is 58.7 Å². The number of benzene rings is 1. The van der Waals surface area contributed by atoms with E-state index in [0.717, 1.165) is 16.6 Å². The number of ketones is 1. The Labute approximate surface area is 128 Å². The molecule has 0 spiro atoms. The molecule has 0 aliphatic rings. The minimum atomic E-state index is -0.0636. The van der Waals surface area contributed by atoms with Crippen LogP contribution in [-0.4, -0.2) is 15.3 Å². The van der Waals surface area contributed by atoms with E-state index in [4.69, 9.17) is 5.26 Å². The van der Waals surface area contributed by atoms with Crippen LogP contribution < -0.4 is 0 Å². The molecule has 3 rings (SSSR count). The van der Waals surface area contributed by atoms with Crippen LogP contribution >= 0.6 is 0 Å². The van der Waals surface area contributed by atoms with Gasteiger partial charge in [0.2, 0.25) is 0 Å². The Morgan fingerprint density at radius 2 is 2.05 bits per heavy atom. The number of nitrogens with zero attached hydrogens (tertiary/aromatic N) is 3. The molecule has 2 aromatic heterocycles. The first kappa shape index (κ1) is 14.0. The van der Waals surface area contributed by atoms with Crippen LogP contribution in [-0.2, 0) is 0 Å². The molecule has 0 atom stereocenters. The summed E-state index contributed by atoms with van der Waals surface area (Å²) in [7, 11) is 0. The number of para-hydroxylation sites is 1. The van der Waals surface area contributed by atoms with Crippen molar-refractivity contribution in [3.63, 3.8) is 0 Å². The second-order valence-electron chi connectivity index (χ2n) is 5.46. The fourth-order valence-electron chi connectivity index (χ4n) is 2.53. The molecule has 1 aromatic carbocycles. The molecule has 0 aliphatic heterocycles. The molecule has 4 nitrogen and oxygen atoms in total. The van der Waals surface area contributed by atoms with Gasteiger partial charge in [-0.2, -0.15) is 5.26 Å². The van der Waals surface area contributed by atoms with Crippen LogP contribution in [0, 0.1) is 17.2 Å². The predicted molar refractivity (Wildman–Crippen MR) is 85.0 cm³/mol. The average Bonchev–Trinajstić information content (AvgIpc) is 2.93. The smallest absolute Gasteiger partial charge is 0.167 e. The molecule has 0 amide bonds. The fraction of sp³-hybridized carbons (Fsp3) is 0.167. The standard InChI is InChI=1S/C18H15N3O/c1-12(2)18(22)16-11-21(17-6-4-3-5-15(16)17)14-7-8-20-13(9-14)10-19/h3-9,11-12H,1-2H3. The van der Waals surface area contributed by atoms with Crippen molar-refractivity contribution in [1.82, 2.24) is 9.55 Å². The third-order valence-electron chi connectivity index (χ3n) is 3.64. The van der Waals surface area contributed by atoms with Crippen LogP contribution in [0.1, 0.15) is 29.9 Å². The number of hydrogen-bond acceptors (Lipinski definition) is 3. The number of carbonyl (C=O) groups is 1. The lowest BCUT2D eigenvalue weighted by Crippen LogP contribution is -2.06. The Morgan fingerprint density at radius 1 is 1.27 bits per heavy atom. The molecule has 0 saturated heterocycles. The van der Waals surface area contributed by atoms with Crippen molar-refractivity contribution in [2.75, 3.05) is 0 Å². The van der Waals surface area contributed by atoms with E-state index >= 15 is 0 Å². The van der Waals surface area contributed by atoms with E-state index in [1.807, 2.05) is 61.0 Å². The van der Waals surface area contributed by atoms with Crippen molar-refractivity contribution in [3.8, 4) is 11.8 Å². The summed E-state index contributed by atoms with van der Waals surface area (Å²) in [5.41, 5.74) is 2.83. The van der Waals surface area contributed by atoms with E-state index in [-0.39, 0.29) is 11.7 Å². The van der Waals surface area contributed by atoms with Crippen molar-refractivity contribution in [3.05, 3.63) is 60.0 Å². The van der Waals surface area contributed by atoms with E-state index in [9.17, 15) is 4.79 Å². The zero-order chi connectivity index (χ0) is 15.7. The van der Waals surface area contributed by atoms with E-state index in [2.05, 4.69) is 4.98 Å². The summed E-state index contributed by atoms with van der Waals surface area (Å²) >= 11 is 0. The Bertz CT molecular complexity index is 900. The third-order valence-corrected chi connectivity index (χ3v) is 3.64. The van der Waals surface area contributed by atoms with Gasteiger partial charge in [0.15, 0.2) is 5.78 Å². The summed E-state index contributed by atoms with van der Waals surface area (Å²) in [5, 5.41) is 9.94. The predicted octanol–water partition coefficient (Wildman–Crippen LogP) is 3.74. The summed E-state index contributed by atoms with van der Waals surface area (Å²) in [6, 6.07) is 13.4. The maximum absolute atomic E-state index is 12.4. The van der Waals surface area contributed by atoms with Gasteiger partial charge < -0.3 is 4.57 Å². The first-order chi connectivity index (χ1) is 10.6. The minimum absolute atomic E-state index is 0.0636. The lowest BCUT2D eigenvalue weighted by molar-refractivity contribution is 0.0941. The highest BCUT2D eigenvalue weighted by Gasteiger charge is 2.18. The van der Waals surface area contributed by atoms with Gasteiger partial charge in [-0.1, -0.05) is 32.0 Å². The second-order valence-corrected chi connectivity index (χ2v) is 5.46. The van der Waals surface area contributed by atoms with Crippen LogP contribution in [0.2, 0.25) is 0 Å². The molecule has 0 aliphatic carbocycles. The van der Waals surface area contributed by atoms with Crippen molar-refractivity contribution >= 4 is 16.7 Å². The number of rotatable bonds is 3. The monoisotopic (exact) mass is 289 g/mol. The SMILES string of the molecule is CC(C)C(=O)c1cn(-c2ccnc(C#N)c2)c2ccccc12. The van der Waals surface area contributed by atoms with Crippen LogP contribution in [0.25, 0.3) is 16.6 Å². The number of hydrogen-bond donors (Lipinski definition) is 0. The lowest BCUT2D eigenvalue weighted by atomic mass is 10.0. The zero-order valence-electron chi connectivity index (χ0n) is 12.4. The summed E-state index contributed by atoms with van der Waals surface area (Å²) in [4.78, 5) is 16.4.